The summed E-state index contributed by atoms with van der Waals surface area (Å²) in [6.45, 7) is 4.21. The highest BCUT2D eigenvalue weighted by Gasteiger charge is 2.15. The molecule has 0 aromatic heterocycles. The Kier molecular flexibility index (Phi) is 5.33. The zero-order valence-electron chi connectivity index (χ0n) is 11.2. The first-order chi connectivity index (χ1) is 9.00. The van der Waals surface area contributed by atoms with Gasteiger partial charge in [-0.1, -0.05) is 6.07 Å². The summed E-state index contributed by atoms with van der Waals surface area (Å²) in [7, 11) is 0. The zero-order chi connectivity index (χ0) is 14.3. The molecule has 0 unspecified atom stereocenters. The number of ether oxygens (including phenoxy) is 1. The van der Waals surface area contributed by atoms with Gasteiger partial charge in [-0.15, -0.1) is 0 Å². The molecule has 0 fully saturated rings. The van der Waals surface area contributed by atoms with Crippen molar-refractivity contribution in [3.8, 4) is 17.9 Å². The van der Waals surface area contributed by atoms with E-state index < -0.39 is 5.82 Å². The number of unbranched alkanes of at least 4 members (excludes halogenated alkanes) is 1. The van der Waals surface area contributed by atoms with Gasteiger partial charge in [0.15, 0.2) is 0 Å². The second-order valence-corrected chi connectivity index (χ2v) is 5.03. The van der Waals surface area contributed by atoms with Crippen LogP contribution in [-0.4, -0.2) is 6.61 Å². The summed E-state index contributed by atoms with van der Waals surface area (Å²) in [5.41, 5.74) is -0.378. The van der Waals surface area contributed by atoms with Crippen molar-refractivity contribution < 1.29 is 9.13 Å². The largest absolute Gasteiger partial charge is 0.492 e. The Morgan fingerprint density at radius 1 is 1.26 bits per heavy atom. The van der Waals surface area contributed by atoms with E-state index in [1.54, 1.807) is 12.1 Å². The summed E-state index contributed by atoms with van der Waals surface area (Å²) >= 11 is 0. The Morgan fingerprint density at radius 2 is 2.00 bits per heavy atom. The number of nitriles is 2. The van der Waals surface area contributed by atoms with Crippen LogP contribution in [0.3, 0.4) is 0 Å². The van der Waals surface area contributed by atoms with Crippen molar-refractivity contribution in [1.29, 1.82) is 10.5 Å². The maximum Gasteiger partial charge on any atom is 0.144 e. The molecular formula is C15H17FN2O. The Hall–Kier alpha value is -2.07. The lowest BCUT2D eigenvalue weighted by Gasteiger charge is -2.14. The third-order valence-electron chi connectivity index (χ3n) is 2.84. The van der Waals surface area contributed by atoms with Gasteiger partial charge in [0, 0.05) is 0 Å². The first-order valence-corrected chi connectivity index (χ1v) is 6.23. The van der Waals surface area contributed by atoms with Crippen LogP contribution in [-0.2, 0) is 0 Å². The quantitative estimate of drug-likeness (QED) is 0.731. The number of nitrogens with zero attached hydrogens (tertiary/aromatic N) is 2. The Bertz CT molecular complexity index is 512. The second kappa shape index (κ2) is 6.75. The average molecular weight is 260 g/mol. The zero-order valence-corrected chi connectivity index (χ0v) is 11.2. The van der Waals surface area contributed by atoms with Crippen LogP contribution in [0.25, 0.3) is 0 Å². The number of halogens is 1. The smallest absolute Gasteiger partial charge is 0.144 e. The maximum absolute atomic E-state index is 13.3. The standard InChI is InChI=1S/C15H17FN2O/c1-15(2,11-18)8-3-4-9-19-14-7-5-6-13(16)12(14)10-17/h5-7H,3-4,8-9H2,1-2H3. The highest BCUT2D eigenvalue weighted by Crippen LogP contribution is 2.23. The molecule has 0 aliphatic rings. The van der Waals surface area contributed by atoms with E-state index in [0.717, 1.165) is 19.3 Å². The van der Waals surface area contributed by atoms with Crippen molar-refractivity contribution in [2.24, 2.45) is 5.41 Å². The Morgan fingerprint density at radius 3 is 2.63 bits per heavy atom. The van der Waals surface area contributed by atoms with Gasteiger partial charge in [-0.05, 0) is 45.2 Å². The number of benzene rings is 1. The fourth-order valence-electron chi connectivity index (χ4n) is 1.64. The summed E-state index contributed by atoms with van der Waals surface area (Å²) < 4.78 is 18.7. The number of hydrogen-bond acceptors (Lipinski definition) is 3. The molecule has 0 bridgehead atoms. The third-order valence-corrected chi connectivity index (χ3v) is 2.84. The molecule has 100 valence electrons. The summed E-state index contributed by atoms with van der Waals surface area (Å²) in [5.74, 6) is -0.285. The molecule has 0 radical (unpaired) electrons. The molecule has 0 spiro atoms. The van der Waals surface area contributed by atoms with Crippen molar-refractivity contribution in [2.45, 2.75) is 33.1 Å². The first-order valence-electron chi connectivity index (χ1n) is 6.23. The molecule has 0 saturated heterocycles. The van der Waals surface area contributed by atoms with E-state index in [4.69, 9.17) is 15.3 Å². The number of hydrogen-bond donors (Lipinski definition) is 0. The fourth-order valence-corrected chi connectivity index (χ4v) is 1.64. The van der Waals surface area contributed by atoms with Crippen molar-refractivity contribution >= 4 is 0 Å². The normalized spacial score (nSPS) is 10.6. The van der Waals surface area contributed by atoms with Crippen LogP contribution in [0.2, 0.25) is 0 Å². The van der Waals surface area contributed by atoms with Crippen molar-refractivity contribution in [2.75, 3.05) is 6.61 Å². The predicted octanol–water partition coefficient (Wildman–Crippen LogP) is 3.80. The third kappa shape index (κ3) is 4.60. The van der Waals surface area contributed by atoms with E-state index in [9.17, 15) is 4.39 Å². The lowest BCUT2D eigenvalue weighted by atomic mass is 9.89. The number of rotatable bonds is 6. The molecule has 0 atom stereocenters. The minimum atomic E-state index is -0.564. The predicted molar refractivity (Wildman–Crippen MR) is 69.9 cm³/mol. The molecule has 0 aliphatic heterocycles. The van der Waals surface area contributed by atoms with Gasteiger partial charge in [0.05, 0.1) is 18.1 Å². The molecule has 0 amide bonds. The molecule has 0 heterocycles. The van der Waals surface area contributed by atoms with Gasteiger partial charge in [-0.25, -0.2) is 4.39 Å². The molecule has 0 N–H and O–H groups in total. The minimum Gasteiger partial charge on any atom is -0.492 e. The maximum atomic E-state index is 13.3. The van der Waals surface area contributed by atoms with Crippen molar-refractivity contribution in [1.82, 2.24) is 0 Å². The molecule has 4 heteroatoms. The van der Waals surface area contributed by atoms with Crippen LogP contribution in [0.15, 0.2) is 18.2 Å². The van der Waals surface area contributed by atoms with Crippen LogP contribution in [0, 0.1) is 33.9 Å². The molecular weight excluding hydrogens is 243 g/mol. The lowest BCUT2D eigenvalue weighted by molar-refractivity contribution is 0.293. The highest BCUT2D eigenvalue weighted by atomic mass is 19.1. The molecule has 3 nitrogen and oxygen atoms in total. The molecule has 1 aromatic rings. The molecule has 1 rings (SSSR count). The molecule has 19 heavy (non-hydrogen) atoms. The topological polar surface area (TPSA) is 56.8 Å². The summed E-state index contributed by atoms with van der Waals surface area (Å²) in [4.78, 5) is 0. The van der Waals surface area contributed by atoms with Crippen LogP contribution in [0.4, 0.5) is 4.39 Å². The lowest BCUT2D eigenvalue weighted by Crippen LogP contribution is -2.08. The summed E-state index contributed by atoms with van der Waals surface area (Å²) in [6.07, 6.45) is 2.42. The average Bonchev–Trinajstić information content (AvgIpc) is 2.38. The van der Waals surface area contributed by atoms with Crippen molar-refractivity contribution in [3.63, 3.8) is 0 Å². The fraction of sp³-hybridized carbons (Fsp3) is 0.467. The van der Waals surface area contributed by atoms with Gasteiger partial charge in [0.1, 0.15) is 23.2 Å². The van der Waals surface area contributed by atoms with Crippen LogP contribution in [0.1, 0.15) is 38.7 Å². The second-order valence-electron chi connectivity index (χ2n) is 5.03. The summed E-state index contributed by atoms with van der Waals surface area (Å²) in [6, 6.07) is 8.38. The van der Waals surface area contributed by atoms with E-state index in [2.05, 4.69) is 6.07 Å². The molecule has 0 aliphatic carbocycles. The van der Waals surface area contributed by atoms with Crippen LogP contribution in [0.5, 0.6) is 5.75 Å². The van der Waals surface area contributed by atoms with E-state index >= 15 is 0 Å². The Balaban J connectivity index is 2.41. The summed E-state index contributed by atoms with van der Waals surface area (Å²) in [5, 5.41) is 17.7. The minimum absolute atomic E-state index is 0.0557. The molecule has 0 saturated carbocycles. The van der Waals surface area contributed by atoms with Gasteiger partial charge in [0.25, 0.3) is 0 Å². The molecule has 1 aromatic carbocycles. The Labute approximate surface area is 113 Å². The van der Waals surface area contributed by atoms with E-state index in [0.29, 0.717) is 6.61 Å². The van der Waals surface area contributed by atoms with E-state index in [-0.39, 0.29) is 16.7 Å². The monoisotopic (exact) mass is 260 g/mol. The van der Waals surface area contributed by atoms with Gasteiger partial charge >= 0.3 is 0 Å². The van der Waals surface area contributed by atoms with Gasteiger partial charge in [-0.3, -0.25) is 0 Å². The van der Waals surface area contributed by atoms with E-state index in [1.165, 1.54) is 12.1 Å². The van der Waals surface area contributed by atoms with Crippen molar-refractivity contribution in [3.05, 3.63) is 29.6 Å². The first kappa shape index (κ1) is 15.0. The van der Waals surface area contributed by atoms with Gasteiger partial charge in [0.2, 0.25) is 0 Å². The highest BCUT2D eigenvalue weighted by molar-refractivity contribution is 5.43. The van der Waals surface area contributed by atoms with Gasteiger partial charge < -0.3 is 4.74 Å². The van der Waals surface area contributed by atoms with Crippen LogP contribution >= 0.6 is 0 Å². The van der Waals surface area contributed by atoms with Crippen LogP contribution < -0.4 is 4.74 Å². The van der Waals surface area contributed by atoms with Gasteiger partial charge in [-0.2, -0.15) is 10.5 Å². The SMILES string of the molecule is CC(C)(C#N)CCCCOc1cccc(F)c1C#N. The van der Waals surface area contributed by atoms with E-state index in [1.807, 2.05) is 13.8 Å².